The summed E-state index contributed by atoms with van der Waals surface area (Å²) in [5, 5.41) is 9.64. The first kappa shape index (κ1) is 9.96. The zero-order chi connectivity index (χ0) is 8.58. The Bertz CT molecular complexity index is 88.9. The topological polar surface area (TPSA) is 20.2 Å². The second-order valence-electron chi connectivity index (χ2n) is 4.85. The zero-order valence-electron chi connectivity index (χ0n) is 7.95. The molecule has 0 bridgehead atoms. The fourth-order valence-electron chi connectivity index (χ4n) is 1.12. The molecule has 0 aromatic carbocycles. The molecule has 61 valence electrons. The normalized spacial score (nSPS) is 14.4. The SMILES string of the molecule is CC(C)(C)[C](O)C(C)(C)C. The first-order valence-electron chi connectivity index (χ1n) is 3.72. The third-order valence-corrected chi connectivity index (χ3v) is 1.42. The van der Waals surface area contributed by atoms with Crippen molar-refractivity contribution in [3.05, 3.63) is 6.10 Å². The number of aliphatic hydroxyl groups is 1. The van der Waals surface area contributed by atoms with Crippen LogP contribution in [0.5, 0.6) is 0 Å². The van der Waals surface area contributed by atoms with Crippen molar-refractivity contribution in [1.29, 1.82) is 0 Å². The summed E-state index contributed by atoms with van der Waals surface area (Å²) in [4.78, 5) is 0. The average Bonchev–Trinajstić information content (AvgIpc) is 1.59. The van der Waals surface area contributed by atoms with E-state index in [1.54, 1.807) is 0 Å². The molecular weight excluding hydrogens is 124 g/mol. The molecule has 0 amide bonds. The van der Waals surface area contributed by atoms with Crippen LogP contribution < -0.4 is 0 Å². The minimum Gasteiger partial charge on any atom is -0.386 e. The van der Waals surface area contributed by atoms with E-state index in [9.17, 15) is 5.11 Å². The molecule has 0 saturated heterocycles. The molecule has 0 atom stereocenters. The van der Waals surface area contributed by atoms with Crippen molar-refractivity contribution in [2.75, 3.05) is 0 Å². The maximum absolute atomic E-state index is 9.64. The van der Waals surface area contributed by atoms with Gasteiger partial charge in [-0.2, -0.15) is 0 Å². The van der Waals surface area contributed by atoms with E-state index >= 15 is 0 Å². The Hall–Kier alpha value is -0.0400. The molecule has 0 aliphatic carbocycles. The number of hydrogen-bond donors (Lipinski definition) is 1. The van der Waals surface area contributed by atoms with Crippen molar-refractivity contribution in [3.8, 4) is 0 Å². The predicted molar refractivity (Wildman–Crippen MR) is 44.1 cm³/mol. The summed E-state index contributed by atoms with van der Waals surface area (Å²) in [5.41, 5.74) is -0.170. The second-order valence-corrected chi connectivity index (χ2v) is 4.85. The van der Waals surface area contributed by atoms with E-state index in [1.165, 1.54) is 0 Å². The van der Waals surface area contributed by atoms with Crippen LogP contribution in [0.15, 0.2) is 0 Å². The molecular formula is C9H19O. The van der Waals surface area contributed by atoms with Gasteiger partial charge >= 0.3 is 0 Å². The van der Waals surface area contributed by atoms with Gasteiger partial charge in [0, 0.05) is 0 Å². The molecule has 1 N–H and O–H groups in total. The Kier molecular flexibility index (Phi) is 2.53. The molecule has 10 heavy (non-hydrogen) atoms. The van der Waals surface area contributed by atoms with Gasteiger partial charge in [0.25, 0.3) is 0 Å². The van der Waals surface area contributed by atoms with E-state index in [4.69, 9.17) is 0 Å². The van der Waals surface area contributed by atoms with Gasteiger partial charge in [-0.3, -0.25) is 0 Å². The molecule has 0 fully saturated rings. The molecule has 1 radical (unpaired) electrons. The van der Waals surface area contributed by atoms with Crippen LogP contribution in [-0.2, 0) is 0 Å². The number of aliphatic hydroxyl groups excluding tert-OH is 1. The van der Waals surface area contributed by atoms with Gasteiger partial charge in [0.1, 0.15) is 6.10 Å². The van der Waals surface area contributed by atoms with Crippen LogP contribution in [0.1, 0.15) is 41.5 Å². The van der Waals surface area contributed by atoms with Crippen LogP contribution in [0.25, 0.3) is 0 Å². The Morgan fingerprint density at radius 3 is 1.00 bits per heavy atom. The summed E-state index contributed by atoms with van der Waals surface area (Å²) in [6, 6.07) is 0. The lowest BCUT2D eigenvalue weighted by molar-refractivity contribution is 0.0856. The minimum absolute atomic E-state index is 0.0851. The van der Waals surface area contributed by atoms with Gasteiger partial charge in [0.2, 0.25) is 0 Å². The third kappa shape index (κ3) is 2.70. The third-order valence-electron chi connectivity index (χ3n) is 1.42. The lowest BCUT2D eigenvalue weighted by atomic mass is 9.74. The van der Waals surface area contributed by atoms with Crippen LogP contribution in [0, 0.1) is 16.9 Å². The molecule has 0 unspecified atom stereocenters. The van der Waals surface area contributed by atoms with Crippen molar-refractivity contribution < 1.29 is 5.11 Å². The van der Waals surface area contributed by atoms with Crippen molar-refractivity contribution in [2.24, 2.45) is 10.8 Å². The summed E-state index contributed by atoms with van der Waals surface area (Å²) in [6.45, 7) is 12.1. The van der Waals surface area contributed by atoms with Crippen LogP contribution in [0.4, 0.5) is 0 Å². The van der Waals surface area contributed by atoms with Gasteiger partial charge in [0.15, 0.2) is 0 Å². The monoisotopic (exact) mass is 143 g/mol. The molecule has 0 heterocycles. The van der Waals surface area contributed by atoms with Crippen molar-refractivity contribution in [1.82, 2.24) is 0 Å². The van der Waals surface area contributed by atoms with Gasteiger partial charge < -0.3 is 5.11 Å². The summed E-state index contributed by atoms with van der Waals surface area (Å²) in [6.07, 6.45) is 0.569. The number of rotatable bonds is 0. The Morgan fingerprint density at radius 2 is 1.00 bits per heavy atom. The summed E-state index contributed by atoms with van der Waals surface area (Å²) in [7, 11) is 0. The van der Waals surface area contributed by atoms with Crippen molar-refractivity contribution in [2.45, 2.75) is 41.5 Å². The van der Waals surface area contributed by atoms with E-state index in [-0.39, 0.29) is 10.8 Å². The fraction of sp³-hybridized carbons (Fsp3) is 0.889. The minimum atomic E-state index is -0.0851. The van der Waals surface area contributed by atoms with Gasteiger partial charge in [0.05, 0.1) is 0 Å². The Morgan fingerprint density at radius 1 is 0.800 bits per heavy atom. The molecule has 0 aliphatic heterocycles. The highest BCUT2D eigenvalue weighted by molar-refractivity contribution is 4.98. The van der Waals surface area contributed by atoms with E-state index in [2.05, 4.69) is 0 Å². The molecule has 0 aromatic rings. The van der Waals surface area contributed by atoms with Gasteiger partial charge in [-0.15, -0.1) is 0 Å². The molecule has 1 heteroatoms. The van der Waals surface area contributed by atoms with Crippen molar-refractivity contribution >= 4 is 0 Å². The summed E-state index contributed by atoms with van der Waals surface area (Å²) in [5.74, 6) is 0. The number of hydrogen-bond acceptors (Lipinski definition) is 1. The highest BCUT2D eigenvalue weighted by Gasteiger charge is 2.33. The zero-order valence-corrected chi connectivity index (χ0v) is 7.95. The quantitative estimate of drug-likeness (QED) is 0.552. The second kappa shape index (κ2) is 2.54. The first-order valence-corrected chi connectivity index (χ1v) is 3.72. The molecule has 0 rings (SSSR count). The highest BCUT2D eigenvalue weighted by atomic mass is 16.3. The molecule has 0 aromatic heterocycles. The van der Waals surface area contributed by atoms with Crippen LogP contribution in [-0.4, -0.2) is 5.11 Å². The van der Waals surface area contributed by atoms with E-state index in [0.717, 1.165) is 0 Å². The smallest absolute Gasteiger partial charge is 0.104 e. The maximum atomic E-state index is 9.64. The maximum Gasteiger partial charge on any atom is 0.104 e. The lowest BCUT2D eigenvalue weighted by Crippen LogP contribution is -2.29. The van der Waals surface area contributed by atoms with Gasteiger partial charge in [-0.25, -0.2) is 0 Å². The van der Waals surface area contributed by atoms with Gasteiger partial charge in [-0.05, 0) is 10.8 Å². The van der Waals surface area contributed by atoms with Gasteiger partial charge in [-0.1, -0.05) is 41.5 Å². The highest BCUT2D eigenvalue weighted by Crippen LogP contribution is 2.39. The largest absolute Gasteiger partial charge is 0.386 e. The molecule has 0 spiro atoms. The lowest BCUT2D eigenvalue weighted by Gasteiger charge is -2.35. The van der Waals surface area contributed by atoms with E-state index < -0.39 is 0 Å². The van der Waals surface area contributed by atoms with Crippen molar-refractivity contribution in [3.63, 3.8) is 0 Å². The molecule has 0 aliphatic rings. The predicted octanol–water partition coefficient (Wildman–Crippen LogP) is 2.98. The Balaban J connectivity index is 4.23. The van der Waals surface area contributed by atoms with Crippen LogP contribution in [0.2, 0.25) is 0 Å². The average molecular weight is 143 g/mol. The Labute approximate surface area is 64.5 Å². The summed E-state index contributed by atoms with van der Waals surface area (Å²) < 4.78 is 0. The standard InChI is InChI=1S/C9H19O/c1-8(2,3)7(10)9(4,5)6/h10H,1-6H3. The molecule has 0 saturated carbocycles. The van der Waals surface area contributed by atoms with Crippen LogP contribution in [0.3, 0.4) is 0 Å². The van der Waals surface area contributed by atoms with E-state index in [1.807, 2.05) is 41.5 Å². The van der Waals surface area contributed by atoms with Crippen LogP contribution >= 0.6 is 0 Å². The first-order chi connectivity index (χ1) is 4.15. The summed E-state index contributed by atoms with van der Waals surface area (Å²) >= 11 is 0. The van der Waals surface area contributed by atoms with E-state index in [0.29, 0.717) is 6.10 Å². The molecule has 1 nitrogen and oxygen atoms in total. The fourth-order valence-corrected chi connectivity index (χ4v) is 1.12.